The van der Waals surface area contributed by atoms with Crippen LogP contribution < -0.4 is 5.32 Å². The molecule has 3 rings (SSSR count). The number of hydrogen-bond acceptors (Lipinski definition) is 4. The van der Waals surface area contributed by atoms with Gasteiger partial charge in [0.2, 0.25) is 5.91 Å². The topological polar surface area (TPSA) is 66.5 Å². The van der Waals surface area contributed by atoms with Crippen LogP contribution in [0.4, 0.5) is 9.18 Å². The summed E-state index contributed by atoms with van der Waals surface area (Å²) in [7, 11) is 0. The van der Waals surface area contributed by atoms with E-state index in [2.05, 4.69) is 5.32 Å². The van der Waals surface area contributed by atoms with Crippen molar-refractivity contribution in [3.05, 3.63) is 82.5 Å². The number of nitrogens with one attached hydrogen (secondary N) is 1. The highest BCUT2D eigenvalue weighted by atomic mass is 32.2. The average molecular weight is 396 g/mol. The molecule has 1 fully saturated rings. The van der Waals surface area contributed by atoms with Gasteiger partial charge in [-0.1, -0.05) is 42.5 Å². The number of carbonyl (C=O) groups excluding carboxylic acids is 3. The number of imide groups is 1. The number of nitrogens with zero attached hydrogens (tertiary/aromatic N) is 1. The zero-order chi connectivity index (χ0) is 19.9. The van der Waals surface area contributed by atoms with Gasteiger partial charge in [0.15, 0.2) is 0 Å². The first-order valence-corrected chi connectivity index (χ1v) is 9.36. The molecule has 1 heterocycles. The van der Waals surface area contributed by atoms with Gasteiger partial charge in [-0.15, -0.1) is 0 Å². The number of thioether (sulfide) groups is 1. The summed E-state index contributed by atoms with van der Waals surface area (Å²) < 4.78 is 13.1. The van der Waals surface area contributed by atoms with Crippen LogP contribution in [0, 0.1) is 5.82 Å². The first kappa shape index (κ1) is 19.6. The molecule has 0 radical (unpaired) electrons. The molecule has 1 aliphatic heterocycles. The highest BCUT2D eigenvalue weighted by Crippen LogP contribution is 2.31. The second-order valence-corrected chi connectivity index (χ2v) is 6.92. The molecular weight excluding hydrogens is 379 g/mol. The average Bonchev–Trinajstić information content (AvgIpc) is 2.94. The summed E-state index contributed by atoms with van der Waals surface area (Å²) in [5.74, 6) is -1.15. The summed E-state index contributed by atoms with van der Waals surface area (Å²) in [6.07, 6.45) is 4.43. The third kappa shape index (κ3) is 5.17. The third-order valence-corrected chi connectivity index (χ3v) is 4.79. The Morgan fingerprint density at radius 2 is 1.82 bits per heavy atom. The van der Waals surface area contributed by atoms with Crippen molar-refractivity contribution in [1.29, 1.82) is 0 Å². The van der Waals surface area contributed by atoms with Crippen molar-refractivity contribution < 1.29 is 18.8 Å². The van der Waals surface area contributed by atoms with E-state index < -0.39 is 5.91 Å². The van der Waals surface area contributed by atoms with Gasteiger partial charge < -0.3 is 5.32 Å². The molecule has 0 spiro atoms. The SMILES string of the molecule is O=C(C=Cc1cccc(F)c1)NCCN1C(=O)SC(=Cc2ccccc2)C1=O. The van der Waals surface area contributed by atoms with Crippen LogP contribution in [-0.2, 0) is 9.59 Å². The minimum atomic E-state index is -0.393. The summed E-state index contributed by atoms with van der Waals surface area (Å²) in [5, 5.41) is 2.24. The molecule has 0 aromatic heterocycles. The van der Waals surface area contributed by atoms with E-state index in [1.165, 1.54) is 24.3 Å². The molecule has 0 saturated carbocycles. The second-order valence-electron chi connectivity index (χ2n) is 5.92. The van der Waals surface area contributed by atoms with Crippen LogP contribution in [0.2, 0.25) is 0 Å². The van der Waals surface area contributed by atoms with E-state index >= 15 is 0 Å². The van der Waals surface area contributed by atoms with E-state index in [4.69, 9.17) is 0 Å². The number of amides is 3. The predicted octanol–water partition coefficient (Wildman–Crippen LogP) is 3.69. The smallest absolute Gasteiger partial charge is 0.293 e. The molecule has 2 aromatic rings. The minimum absolute atomic E-state index is 0.0797. The van der Waals surface area contributed by atoms with E-state index in [9.17, 15) is 18.8 Å². The third-order valence-electron chi connectivity index (χ3n) is 3.88. The molecule has 1 N–H and O–H groups in total. The first-order valence-electron chi connectivity index (χ1n) is 8.55. The molecular formula is C21H17FN2O3S. The monoisotopic (exact) mass is 396 g/mol. The maximum atomic E-state index is 13.1. The van der Waals surface area contributed by atoms with Crippen LogP contribution in [-0.4, -0.2) is 35.0 Å². The number of carbonyl (C=O) groups is 3. The van der Waals surface area contributed by atoms with Crippen molar-refractivity contribution in [1.82, 2.24) is 10.2 Å². The van der Waals surface area contributed by atoms with Crippen molar-refractivity contribution in [3.63, 3.8) is 0 Å². The van der Waals surface area contributed by atoms with Crippen LogP contribution in [0.1, 0.15) is 11.1 Å². The molecule has 7 heteroatoms. The summed E-state index contributed by atoms with van der Waals surface area (Å²) in [4.78, 5) is 37.8. The van der Waals surface area contributed by atoms with Gasteiger partial charge >= 0.3 is 0 Å². The Hall–Kier alpha value is -3.19. The van der Waals surface area contributed by atoms with Crippen LogP contribution >= 0.6 is 11.8 Å². The Balaban J connectivity index is 1.52. The molecule has 142 valence electrons. The molecule has 1 aliphatic rings. The van der Waals surface area contributed by atoms with E-state index in [0.717, 1.165) is 22.2 Å². The Labute approximate surface area is 165 Å². The largest absolute Gasteiger partial charge is 0.351 e. The van der Waals surface area contributed by atoms with Gasteiger partial charge in [0.05, 0.1) is 4.91 Å². The number of benzene rings is 2. The molecule has 0 bridgehead atoms. The maximum absolute atomic E-state index is 13.1. The predicted molar refractivity (Wildman–Crippen MR) is 108 cm³/mol. The maximum Gasteiger partial charge on any atom is 0.293 e. The lowest BCUT2D eigenvalue weighted by atomic mass is 10.2. The quantitative estimate of drug-likeness (QED) is 0.757. The number of hydrogen-bond donors (Lipinski definition) is 1. The van der Waals surface area contributed by atoms with E-state index in [-0.39, 0.29) is 30.1 Å². The summed E-state index contributed by atoms with van der Waals surface area (Å²) in [6, 6.07) is 15.1. The van der Waals surface area contributed by atoms with Gasteiger partial charge in [0.1, 0.15) is 5.82 Å². The van der Waals surface area contributed by atoms with Gasteiger partial charge in [0.25, 0.3) is 11.1 Å². The van der Waals surface area contributed by atoms with Gasteiger partial charge in [-0.3, -0.25) is 19.3 Å². The lowest BCUT2D eigenvalue weighted by Crippen LogP contribution is -2.36. The van der Waals surface area contributed by atoms with Crippen LogP contribution in [0.25, 0.3) is 12.2 Å². The number of rotatable bonds is 6. The fraction of sp³-hybridized carbons (Fsp3) is 0.0952. The van der Waals surface area contributed by atoms with Gasteiger partial charge in [-0.25, -0.2) is 4.39 Å². The molecule has 1 saturated heterocycles. The summed E-state index contributed by atoms with van der Waals surface area (Å²) >= 11 is 0.881. The molecule has 0 aliphatic carbocycles. The molecule has 5 nitrogen and oxygen atoms in total. The molecule has 2 aromatic carbocycles. The Bertz CT molecular complexity index is 957. The van der Waals surface area contributed by atoms with Crippen molar-refractivity contribution in [2.45, 2.75) is 0 Å². The van der Waals surface area contributed by atoms with E-state index in [1.807, 2.05) is 30.3 Å². The lowest BCUT2D eigenvalue weighted by Gasteiger charge is -2.12. The van der Waals surface area contributed by atoms with Crippen molar-refractivity contribution >= 4 is 41.0 Å². The lowest BCUT2D eigenvalue weighted by molar-refractivity contribution is -0.123. The summed E-state index contributed by atoms with van der Waals surface area (Å²) in [5.41, 5.74) is 1.40. The standard InChI is InChI=1S/C21H17FN2O3S/c22-17-8-4-7-16(13-17)9-10-19(25)23-11-12-24-20(26)18(28-21(24)27)14-15-5-2-1-3-6-15/h1-10,13-14H,11-12H2,(H,23,25). The van der Waals surface area contributed by atoms with Crippen molar-refractivity contribution in [2.24, 2.45) is 0 Å². The summed E-state index contributed by atoms with van der Waals surface area (Å²) in [6.45, 7) is 0.208. The van der Waals surface area contributed by atoms with Gasteiger partial charge in [-0.05, 0) is 47.2 Å². The number of halogens is 1. The fourth-order valence-corrected chi connectivity index (χ4v) is 3.39. The highest BCUT2D eigenvalue weighted by molar-refractivity contribution is 8.18. The zero-order valence-corrected chi connectivity index (χ0v) is 15.6. The van der Waals surface area contributed by atoms with Crippen LogP contribution in [0.15, 0.2) is 65.6 Å². The zero-order valence-electron chi connectivity index (χ0n) is 14.8. The van der Waals surface area contributed by atoms with Crippen LogP contribution in [0.3, 0.4) is 0 Å². The highest BCUT2D eigenvalue weighted by Gasteiger charge is 2.34. The van der Waals surface area contributed by atoms with E-state index in [1.54, 1.807) is 18.2 Å². The fourth-order valence-electron chi connectivity index (χ4n) is 2.53. The molecule has 28 heavy (non-hydrogen) atoms. The van der Waals surface area contributed by atoms with Gasteiger partial charge in [0, 0.05) is 19.2 Å². The van der Waals surface area contributed by atoms with E-state index in [0.29, 0.717) is 10.5 Å². The molecule has 0 atom stereocenters. The normalized spacial score (nSPS) is 15.6. The van der Waals surface area contributed by atoms with Gasteiger partial charge in [-0.2, -0.15) is 0 Å². The first-order chi connectivity index (χ1) is 13.5. The van der Waals surface area contributed by atoms with Crippen LogP contribution in [0.5, 0.6) is 0 Å². The molecule has 0 unspecified atom stereocenters. The van der Waals surface area contributed by atoms with Crippen molar-refractivity contribution in [2.75, 3.05) is 13.1 Å². The Morgan fingerprint density at radius 1 is 1.07 bits per heavy atom. The second kappa shape index (κ2) is 9.14. The minimum Gasteiger partial charge on any atom is -0.351 e. The van der Waals surface area contributed by atoms with Crippen molar-refractivity contribution in [3.8, 4) is 0 Å². The Morgan fingerprint density at radius 3 is 2.57 bits per heavy atom. The molecule has 3 amide bonds. The Kier molecular flexibility index (Phi) is 6.39.